The zero-order valence-electron chi connectivity index (χ0n) is 15.9. The molecule has 6 heteroatoms. The second-order valence-electron chi connectivity index (χ2n) is 7.09. The van der Waals surface area contributed by atoms with E-state index < -0.39 is 0 Å². The molecule has 136 valence electrons. The maximum atomic E-state index is 5.40. The number of rotatable bonds is 6. The molecule has 1 atom stereocenters. The van der Waals surface area contributed by atoms with E-state index in [0.717, 1.165) is 37.6 Å². The minimum absolute atomic E-state index is 0.275. The molecule has 25 heavy (non-hydrogen) atoms. The average Bonchev–Trinajstić information content (AvgIpc) is 3.01. The van der Waals surface area contributed by atoms with Crippen LogP contribution in [0.2, 0.25) is 0 Å². The average molecular weight is 343 g/mol. The van der Waals surface area contributed by atoms with Crippen molar-refractivity contribution in [2.24, 2.45) is 0 Å². The van der Waals surface area contributed by atoms with Crippen molar-refractivity contribution in [3.8, 4) is 5.88 Å². The molecule has 0 saturated heterocycles. The lowest BCUT2D eigenvalue weighted by molar-refractivity contribution is 0.150. The lowest BCUT2D eigenvalue weighted by Crippen LogP contribution is -2.37. The lowest BCUT2D eigenvalue weighted by Gasteiger charge is -2.35. The Bertz CT molecular complexity index is 712. The Morgan fingerprint density at radius 3 is 2.84 bits per heavy atom. The first-order chi connectivity index (χ1) is 12.0. The summed E-state index contributed by atoms with van der Waals surface area (Å²) in [5.74, 6) is 1.86. The second-order valence-corrected chi connectivity index (χ2v) is 7.09. The third kappa shape index (κ3) is 3.70. The molecule has 0 bridgehead atoms. The van der Waals surface area contributed by atoms with Crippen LogP contribution in [0.5, 0.6) is 5.88 Å². The summed E-state index contributed by atoms with van der Waals surface area (Å²) >= 11 is 0. The Hall–Kier alpha value is -1.92. The van der Waals surface area contributed by atoms with Crippen molar-refractivity contribution >= 4 is 0 Å². The van der Waals surface area contributed by atoms with Gasteiger partial charge in [0.2, 0.25) is 5.88 Å². The van der Waals surface area contributed by atoms with Gasteiger partial charge in [0.1, 0.15) is 5.82 Å². The Labute approximate surface area is 150 Å². The molecular weight excluding hydrogens is 314 g/mol. The number of fused-ring (bicyclic) bond motifs is 1. The minimum Gasteiger partial charge on any atom is -0.481 e. The molecule has 6 nitrogen and oxygen atoms in total. The van der Waals surface area contributed by atoms with E-state index in [2.05, 4.69) is 53.2 Å². The number of methoxy groups -OCH3 is 1. The van der Waals surface area contributed by atoms with Crippen LogP contribution in [0.15, 0.2) is 24.5 Å². The van der Waals surface area contributed by atoms with Crippen LogP contribution in [0.4, 0.5) is 0 Å². The van der Waals surface area contributed by atoms with Gasteiger partial charge in [0.15, 0.2) is 0 Å². The number of aromatic nitrogens is 3. The number of imidazole rings is 1. The molecule has 0 unspecified atom stereocenters. The molecule has 3 heterocycles. The molecule has 0 saturated carbocycles. The molecule has 0 spiro atoms. The van der Waals surface area contributed by atoms with E-state index >= 15 is 0 Å². The molecule has 0 aliphatic carbocycles. The fourth-order valence-corrected chi connectivity index (χ4v) is 3.33. The van der Waals surface area contributed by atoms with Gasteiger partial charge in [0, 0.05) is 50.2 Å². The standard InChI is InChI=1S/C19H29N5O/c1-14(2)22(4)13-17-11-21-18-15(3)23(9-10-24(17)18)12-16-7-6-8-20-19(16)25-5/h6-8,11,14-15H,9-10,12-13H2,1-5H3/t15-/m0/s1. The molecule has 1 aliphatic heterocycles. The van der Waals surface area contributed by atoms with Crippen LogP contribution in [0.3, 0.4) is 0 Å². The summed E-state index contributed by atoms with van der Waals surface area (Å²) in [6.45, 7) is 10.4. The van der Waals surface area contributed by atoms with Gasteiger partial charge in [-0.15, -0.1) is 0 Å². The number of hydrogen-bond acceptors (Lipinski definition) is 5. The largest absolute Gasteiger partial charge is 0.481 e. The number of hydrogen-bond donors (Lipinski definition) is 0. The van der Waals surface area contributed by atoms with Gasteiger partial charge in [0.05, 0.1) is 18.8 Å². The van der Waals surface area contributed by atoms with Gasteiger partial charge in [-0.3, -0.25) is 9.80 Å². The molecule has 2 aromatic rings. The van der Waals surface area contributed by atoms with Crippen LogP contribution in [0, 0.1) is 0 Å². The summed E-state index contributed by atoms with van der Waals surface area (Å²) in [6, 6.07) is 4.86. The smallest absolute Gasteiger partial charge is 0.217 e. The first kappa shape index (κ1) is 17.9. The van der Waals surface area contributed by atoms with Crippen molar-refractivity contribution in [2.75, 3.05) is 20.7 Å². The van der Waals surface area contributed by atoms with Crippen LogP contribution in [-0.4, -0.2) is 51.1 Å². The van der Waals surface area contributed by atoms with Gasteiger partial charge >= 0.3 is 0 Å². The maximum Gasteiger partial charge on any atom is 0.217 e. The van der Waals surface area contributed by atoms with Crippen molar-refractivity contribution in [1.29, 1.82) is 0 Å². The topological polar surface area (TPSA) is 46.4 Å². The Balaban J connectivity index is 1.76. The predicted molar refractivity (Wildman–Crippen MR) is 98.4 cm³/mol. The van der Waals surface area contributed by atoms with E-state index in [1.807, 2.05) is 12.3 Å². The molecule has 1 aliphatic rings. The van der Waals surface area contributed by atoms with E-state index in [-0.39, 0.29) is 6.04 Å². The van der Waals surface area contributed by atoms with Gasteiger partial charge in [-0.1, -0.05) is 6.07 Å². The highest BCUT2D eigenvalue weighted by molar-refractivity contribution is 5.25. The summed E-state index contributed by atoms with van der Waals surface area (Å²) in [7, 11) is 3.84. The fraction of sp³-hybridized carbons (Fsp3) is 0.579. The first-order valence-electron chi connectivity index (χ1n) is 8.97. The SMILES string of the molecule is COc1ncccc1CN1CCn2c(CN(C)C(C)C)cnc2[C@@H]1C. The zero-order valence-corrected chi connectivity index (χ0v) is 15.9. The van der Waals surface area contributed by atoms with Crippen molar-refractivity contribution in [3.63, 3.8) is 0 Å². The van der Waals surface area contributed by atoms with E-state index in [4.69, 9.17) is 9.72 Å². The van der Waals surface area contributed by atoms with Crippen molar-refractivity contribution < 1.29 is 4.74 Å². The number of pyridine rings is 1. The third-order valence-corrected chi connectivity index (χ3v) is 5.21. The van der Waals surface area contributed by atoms with E-state index in [1.165, 1.54) is 5.69 Å². The molecule has 0 amide bonds. The molecule has 0 radical (unpaired) electrons. The lowest BCUT2D eigenvalue weighted by atomic mass is 10.1. The maximum absolute atomic E-state index is 5.40. The predicted octanol–water partition coefficient (Wildman–Crippen LogP) is 2.70. The summed E-state index contributed by atoms with van der Waals surface area (Å²) in [5, 5.41) is 0. The highest BCUT2D eigenvalue weighted by Crippen LogP contribution is 2.28. The molecule has 2 aromatic heterocycles. The van der Waals surface area contributed by atoms with Gasteiger partial charge in [0.25, 0.3) is 0 Å². The van der Waals surface area contributed by atoms with Gasteiger partial charge in [-0.2, -0.15) is 0 Å². The third-order valence-electron chi connectivity index (χ3n) is 5.21. The highest BCUT2D eigenvalue weighted by atomic mass is 16.5. The minimum atomic E-state index is 0.275. The summed E-state index contributed by atoms with van der Waals surface area (Å²) in [5.41, 5.74) is 2.42. The fourth-order valence-electron chi connectivity index (χ4n) is 3.33. The summed E-state index contributed by atoms with van der Waals surface area (Å²) in [6.07, 6.45) is 3.81. The van der Waals surface area contributed by atoms with Crippen LogP contribution >= 0.6 is 0 Å². The van der Waals surface area contributed by atoms with Crippen LogP contribution in [-0.2, 0) is 19.6 Å². The zero-order chi connectivity index (χ0) is 18.0. The quantitative estimate of drug-likeness (QED) is 0.807. The van der Waals surface area contributed by atoms with Crippen LogP contribution in [0.25, 0.3) is 0 Å². The van der Waals surface area contributed by atoms with Gasteiger partial charge < -0.3 is 9.30 Å². The Morgan fingerprint density at radius 1 is 1.32 bits per heavy atom. The Kier molecular flexibility index (Phi) is 5.39. The van der Waals surface area contributed by atoms with Crippen molar-refractivity contribution in [2.45, 2.75) is 52.5 Å². The summed E-state index contributed by atoms with van der Waals surface area (Å²) < 4.78 is 7.79. The highest BCUT2D eigenvalue weighted by Gasteiger charge is 2.28. The molecule has 0 fully saturated rings. The van der Waals surface area contributed by atoms with E-state index in [0.29, 0.717) is 11.9 Å². The molecule has 0 N–H and O–H groups in total. The number of nitrogens with zero attached hydrogens (tertiary/aromatic N) is 5. The number of ether oxygens (including phenoxy) is 1. The van der Waals surface area contributed by atoms with Crippen LogP contribution in [0.1, 0.15) is 43.9 Å². The normalized spacial score (nSPS) is 18.0. The molecular formula is C19H29N5O. The second kappa shape index (κ2) is 7.54. The summed E-state index contributed by atoms with van der Waals surface area (Å²) in [4.78, 5) is 13.8. The molecule has 0 aromatic carbocycles. The van der Waals surface area contributed by atoms with Crippen LogP contribution < -0.4 is 4.74 Å². The first-order valence-corrected chi connectivity index (χ1v) is 8.97. The van der Waals surface area contributed by atoms with Crippen molar-refractivity contribution in [3.05, 3.63) is 41.6 Å². The Morgan fingerprint density at radius 2 is 2.12 bits per heavy atom. The van der Waals surface area contributed by atoms with Gasteiger partial charge in [-0.05, 0) is 33.9 Å². The van der Waals surface area contributed by atoms with Gasteiger partial charge in [-0.25, -0.2) is 9.97 Å². The molecule has 3 rings (SSSR count). The van der Waals surface area contributed by atoms with E-state index in [9.17, 15) is 0 Å². The van der Waals surface area contributed by atoms with E-state index in [1.54, 1.807) is 13.3 Å². The van der Waals surface area contributed by atoms with Crippen molar-refractivity contribution in [1.82, 2.24) is 24.3 Å². The monoisotopic (exact) mass is 343 g/mol.